The summed E-state index contributed by atoms with van der Waals surface area (Å²) in [5, 5.41) is 0. The van der Waals surface area contributed by atoms with E-state index in [1.807, 2.05) is 13.0 Å². The third-order valence-corrected chi connectivity index (χ3v) is 4.25. The van der Waals surface area contributed by atoms with Crippen molar-refractivity contribution >= 4 is 0 Å². The summed E-state index contributed by atoms with van der Waals surface area (Å²) in [4.78, 5) is 25.4. The van der Waals surface area contributed by atoms with Crippen LogP contribution in [0.3, 0.4) is 0 Å². The number of piperidine rings is 1. The lowest BCUT2D eigenvalue weighted by atomic mass is 9.94. The molecule has 0 aliphatic carbocycles. The van der Waals surface area contributed by atoms with Gasteiger partial charge in [0.15, 0.2) is 0 Å². The summed E-state index contributed by atoms with van der Waals surface area (Å²) in [7, 11) is 0. The topological polar surface area (TPSA) is 61.9 Å². The van der Waals surface area contributed by atoms with Gasteiger partial charge >= 0.3 is 0 Å². The molecule has 2 aromatic rings. The van der Waals surface area contributed by atoms with Crippen molar-refractivity contribution in [3.05, 3.63) is 58.0 Å². The molecule has 0 amide bonds. The van der Waals surface area contributed by atoms with Gasteiger partial charge < -0.3 is 9.88 Å². The quantitative estimate of drug-likeness (QED) is 0.936. The van der Waals surface area contributed by atoms with Crippen molar-refractivity contribution in [2.45, 2.75) is 32.1 Å². The monoisotopic (exact) mass is 298 g/mol. The highest BCUT2D eigenvalue weighted by molar-refractivity contribution is 5.11. The Kier molecular flexibility index (Phi) is 4.63. The molecule has 5 heteroatoms. The van der Waals surface area contributed by atoms with Crippen LogP contribution in [0.5, 0.6) is 0 Å². The maximum Gasteiger partial charge on any atom is 0.250 e. The second-order valence-electron chi connectivity index (χ2n) is 6.00. The fourth-order valence-corrected chi connectivity index (χ4v) is 3.12. The standard InChI is InChI=1S/C17H22N4O/c1-13-4-2-6-15(20-13)7-9-21-8-3-5-14(11-21)16-10-17(22)19-12-18-16/h2,4,6,10,12,14H,3,5,7-9,11H2,1H3,(H,18,19,22)/t14-/m0/s1. The lowest BCUT2D eigenvalue weighted by Gasteiger charge is -2.32. The molecule has 0 aromatic carbocycles. The second kappa shape index (κ2) is 6.83. The minimum absolute atomic E-state index is 0.0638. The van der Waals surface area contributed by atoms with Crippen molar-refractivity contribution in [2.75, 3.05) is 19.6 Å². The largest absolute Gasteiger partial charge is 0.313 e. The van der Waals surface area contributed by atoms with Crippen molar-refractivity contribution in [3.8, 4) is 0 Å². The smallest absolute Gasteiger partial charge is 0.250 e. The SMILES string of the molecule is Cc1cccc(CCN2CCC[C@H](c3cc(=O)[nH]cn3)C2)n1. The molecule has 1 aliphatic heterocycles. The Bertz CT molecular complexity index is 682. The molecule has 3 rings (SSSR count). The highest BCUT2D eigenvalue weighted by Crippen LogP contribution is 2.24. The zero-order valence-corrected chi connectivity index (χ0v) is 13.0. The summed E-state index contributed by atoms with van der Waals surface area (Å²) in [5.74, 6) is 0.363. The van der Waals surface area contributed by atoms with Gasteiger partial charge in [0.1, 0.15) is 0 Å². The summed E-state index contributed by atoms with van der Waals surface area (Å²) in [6.45, 7) is 5.13. The van der Waals surface area contributed by atoms with Crippen LogP contribution in [0.1, 0.15) is 35.8 Å². The Labute approximate surface area is 130 Å². The van der Waals surface area contributed by atoms with Gasteiger partial charge in [0, 0.05) is 42.9 Å². The van der Waals surface area contributed by atoms with E-state index in [1.165, 1.54) is 6.33 Å². The molecule has 0 radical (unpaired) electrons. The summed E-state index contributed by atoms with van der Waals surface area (Å²) < 4.78 is 0. The number of nitrogens with one attached hydrogen (secondary N) is 1. The second-order valence-corrected chi connectivity index (χ2v) is 6.00. The van der Waals surface area contributed by atoms with Gasteiger partial charge in [-0.1, -0.05) is 6.07 Å². The average molecular weight is 298 g/mol. The molecule has 116 valence electrons. The van der Waals surface area contributed by atoms with Crippen LogP contribution in [0.15, 0.2) is 35.4 Å². The summed E-state index contributed by atoms with van der Waals surface area (Å²) >= 11 is 0. The van der Waals surface area contributed by atoms with Crippen LogP contribution in [-0.4, -0.2) is 39.5 Å². The number of hydrogen-bond donors (Lipinski definition) is 1. The first-order chi connectivity index (χ1) is 10.7. The third kappa shape index (κ3) is 3.80. The maximum atomic E-state index is 11.4. The van der Waals surface area contributed by atoms with Gasteiger partial charge in [0.25, 0.3) is 5.56 Å². The van der Waals surface area contributed by atoms with Gasteiger partial charge in [-0.2, -0.15) is 0 Å². The lowest BCUT2D eigenvalue weighted by Crippen LogP contribution is -2.36. The maximum absolute atomic E-state index is 11.4. The summed E-state index contributed by atoms with van der Waals surface area (Å²) in [6, 6.07) is 7.82. The van der Waals surface area contributed by atoms with Crippen molar-refractivity contribution in [3.63, 3.8) is 0 Å². The van der Waals surface area contributed by atoms with Crippen LogP contribution in [0.4, 0.5) is 0 Å². The zero-order chi connectivity index (χ0) is 15.4. The van der Waals surface area contributed by atoms with E-state index < -0.39 is 0 Å². The number of pyridine rings is 1. The van der Waals surface area contributed by atoms with Crippen molar-refractivity contribution in [1.29, 1.82) is 0 Å². The molecule has 0 unspecified atom stereocenters. The number of aromatic amines is 1. The van der Waals surface area contributed by atoms with Crippen LogP contribution < -0.4 is 5.56 Å². The molecule has 3 heterocycles. The highest BCUT2D eigenvalue weighted by Gasteiger charge is 2.22. The predicted molar refractivity (Wildman–Crippen MR) is 86.0 cm³/mol. The third-order valence-electron chi connectivity index (χ3n) is 4.25. The molecule has 2 aromatic heterocycles. The number of aryl methyl sites for hydroxylation is 1. The van der Waals surface area contributed by atoms with E-state index in [1.54, 1.807) is 6.07 Å². The highest BCUT2D eigenvalue weighted by atomic mass is 16.1. The Morgan fingerprint density at radius 1 is 1.41 bits per heavy atom. The molecular weight excluding hydrogens is 276 g/mol. The minimum atomic E-state index is -0.0638. The first-order valence-corrected chi connectivity index (χ1v) is 7.90. The molecule has 1 atom stereocenters. The van der Waals surface area contributed by atoms with Crippen LogP contribution in [-0.2, 0) is 6.42 Å². The Morgan fingerprint density at radius 3 is 3.14 bits per heavy atom. The number of H-pyrrole nitrogens is 1. The molecule has 0 spiro atoms. The number of hydrogen-bond acceptors (Lipinski definition) is 4. The van der Waals surface area contributed by atoms with Gasteiger partial charge in [0.2, 0.25) is 0 Å². The average Bonchev–Trinajstić information content (AvgIpc) is 2.53. The molecule has 1 fully saturated rings. The Morgan fingerprint density at radius 2 is 2.32 bits per heavy atom. The normalized spacial score (nSPS) is 19.2. The molecule has 0 bridgehead atoms. The van der Waals surface area contributed by atoms with Crippen LogP contribution in [0.2, 0.25) is 0 Å². The van der Waals surface area contributed by atoms with Crippen LogP contribution >= 0.6 is 0 Å². The van der Waals surface area contributed by atoms with Crippen LogP contribution in [0.25, 0.3) is 0 Å². The summed E-state index contributed by atoms with van der Waals surface area (Å²) in [6.07, 6.45) is 4.74. The summed E-state index contributed by atoms with van der Waals surface area (Å²) in [5.41, 5.74) is 3.08. The fraction of sp³-hybridized carbons (Fsp3) is 0.471. The lowest BCUT2D eigenvalue weighted by molar-refractivity contribution is 0.208. The number of rotatable bonds is 4. The van der Waals surface area contributed by atoms with Gasteiger partial charge in [-0.25, -0.2) is 4.98 Å². The van der Waals surface area contributed by atoms with Gasteiger partial charge in [-0.3, -0.25) is 9.78 Å². The predicted octanol–water partition coefficient (Wildman–Crippen LogP) is 1.90. The van der Waals surface area contributed by atoms with Gasteiger partial charge in [-0.05, 0) is 38.4 Å². The van der Waals surface area contributed by atoms with Crippen LogP contribution in [0, 0.1) is 6.92 Å². The van der Waals surface area contributed by atoms with Crippen molar-refractivity contribution in [2.24, 2.45) is 0 Å². The fourth-order valence-electron chi connectivity index (χ4n) is 3.12. The molecule has 22 heavy (non-hydrogen) atoms. The van der Waals surface area contributed by atoms with E-state index in [0.717, 1.165) is 56.0 Å². The van der Waals surface area contributed by atoms with E-state index in [-0.39, 0.29) is 5.56 Å². The van der Waals surface area contributed by atoms with E-state index in [2.05, 4.69) is 32.0 Å². The molecule has 1 N–H and O–H groups in total. The van der Waals surface area contributed by atoms with E-state index in [4.69, 9.17) is 0 Å². The molecule has 1 saturated heterocycles. The van der Waals surface area contributed by atoms with Crippen molar-refractivity contribution < 1.29 is 0 Å². The van der Waals surface area contributed by atoms with Gasteiger partial charge in [-0.15, -0.1) is 0 Å². The Balaban J connectivity index is 1.60. The molecule has 5 nitrogen and oxygen atoms in total. The van der Waals surface area contributed by atoms with E-state index >= 15 is 0 Å². The first-order valence-electron chi connectivity index (χ1n) is 7.90. The first kappa shape index (κ1) is 14.9. The number of likely N-dealkylation sites (tertiary alicyclic amines) is 1. The molecular formula is C17H22N4O. The van der Waals surface area contributed by atoms with E-state index in [0.29, 0.717) is 5.92 Å². The van der Waals surface area contributed by atoms with Gasteiger partial charge in [0.05, 0.1) is 12.0 Å². The zero-order valence-electron chi connectivity index (χ0n) is 13.0. The van der Waals surface area contributed by atoms with Crippen molar-refractivity contribution in [1.82, 2.24) is 19.9 Å². The van der Waals surface area contributed by atoms with E-state index in [9.17, 15) is 4.79 Å². The number of nitrogens with zero attached hydrogens (tertiary/aromatic N) is 3. The Hall–Kier alpha value is -2.01. The molecule has 0 saturated carbocycles. The molecule has 1 aliphatic rings. The minimum Gasteiger partial charge on any atom is -0.313 e. The number of aromatic nitrogens is 3.